The maximum Gasteiger partial charge on any atom is 0.230 e. The molecule has 2 aromatic rings. The van der Waals surface area contributed by atoms with Gasteiger partial charge in [-0.3, -0.25) is 9.79 Å². The lowest BCUT2D eigenvalue weighted by atomic mass is 10.2. The maximum atomic E-state index is 12.2. The minimum absolute atomic E-state index is 0.0196. The normalized spacial score (nSPS) is 16.9. The van der Waals surface area contributed by atoms with Crippen LogP contribution < -0.4 is 5.32 Å². The lowest BCUT2D eigenvalue weighted by Gasteiger charge is -2.16. The smallest absolute Gasteiger partial charge is 0.230 e. The fraction of sp³-hybridized carbons (Fsp3) is 0.214. The summed E-state index contributed by atoms with van der Waals surface area (Å²) in [6.07, 6.45) is 2.01. The van der Waals surface area contributed by atoms with Crippen molar-refractivity contribution in [3.8, 4) is 0 Å². The molecule has 0 bridgehead atoms. The van der Waals surface area contributed by atoms with Crippen molar-refractivity contribution < 1.29 is 4.79 Å². The van der Waals surface area contributed by atoms with E-state index in [1.54, 1.807) is 18.1 Å². The first-order valence-corrected chi connectivity index (χ1v) is 7.58. The van der Waals surface area contributed by atoms with Crippen LogP contribution in [-0.2, 0) is 4.79 Å². The van der Waals surface area contributed by atoms with E-state index in [0.717, 1.165) is 40.7 Å². The highest BCUT2D eigenvalue weighted by Crippen LogP contribution is 2.31. The first-order valence-electron chi connectivity index (χ1n) is 6.70. The maximum absolute atomic E-state index is 12.2. The number of hydrogen-bond donors (Lipinski definition) is 2. The van der Waals surface area contributed by atoms with Crippen molar-refractivity contribution >= 4 is 39.6 Å². The fourth-order valence-corrected chi connectivity index (χ4v) is 3.45. The van der Waals surface area contributed by atoms with Gasteiger partial charge in [-0.15, -0.1) is 0 Å². The van der Waals surface area contributed by atoms with Gasteiger partial charge in [0, 0.05) is 17.9 Å². The molecule has 2 aliphatic rings. The van der Waals surface area contributed by atoms with Crippen molar-refractivity contribution in [1.29, 1.82) is 0 Å². The quantitative estimate of drug-likeness (QED) is 0.911. The first kappa shape index (κ1) is 12.5. The van der Waals surface area contributed by atoms with Gasteiger partial charge < -0.3 is 15.2 Å². The number of imidazole rings is 1. The molecule has 2 aliphatic heterocycles. The van der Waals surface area contributed by atoms with E-state index < -0.39 is 0 Å². The van der Waals surface area contributed by atoms with Crippen LogP contribution >= 0.6 is 11.8 Å². The van der Waals surface area contributed by atoms with E-state index >= 15 is 0 Å². The molecule has 0 saturated carbocycles. The van der Waals surface area contributed by atoms with Crippen LogP contribution in [0.3, 0.4) is 0 Å². The third-order valence-corrected chi connectivity index (χ3v) is 4.44. The Morgan fingerprint density at radius 1 is 1.48 bits per heavy atom. The molecular formula is C14H13N5OS. The minimum Gasteiger partial charge on any atom is -0.345 e. The Kier molecular flexibility index (Phi) is 2.92. The van der Waals surface area contributed by atoms with Crippen LogP contribution in [0, 0.1) is 0 Å². The monoisotopic (exact) mass is 299 g/mol. The zero-order chi connectivity index (χ0) is 14.2. The van der Waals surface area contributed by atoms with Gasteiger partial charge in [0.15, 0.2) is 5.17 Å². The van der Waals surface area contributed by atoms with Gasteiger partial charge in [-0.25, -0.2) is 4.98 Å². The van der Waals surface area contributed by atoms with Crippen molar-refractivity contribution in [2.45, 2.75) is 6.42 Å². The van der Waals surface area contributed by atoms with Gasteiger partial charge in [0.2, 0.25) is 5.91 Å². The summed E-state index contributed by atoms with van der Waals surface area (Å²) in [5.41, 5.74) is 3.60. The van der Waals surface area contributed by atoms with Crippen molar-refractivity contribution in [3.05, 3.63) is 35.6 Å². The molecule has 4 rings (SSSR count). The van der Waals surface area contributed by atoms with E-state index in [1.807, 2.05) is 23.6 Å². The second kappa shape index (κ2) is 4.92. The molecule has 0 atom stereocenters. The molecule has 6 nitrogen and oxygen atoms in total. The van der Waals surface area contributed by atoms with Crippen LogP contribution in [-0.4, -0.2) is 39.0 Å². The van der Waals surface area contributed by atoms with Gasteiger partial charge in [-0.2, -0.15) is 0 Å². The summed E-state index contributed by atoms with van der Waals surface area (Å²) in [5.74, 6) is -0.0196. The van der Waals surface area contributed by atoms with Crippen LogP contribution in [0.1, 0.15) is 6.42 Å². The Morgan fingerprint density at radius 3 is 3.38 bits per heavy atom. The molecule has 7 heteroatoms. The Bertz CT molecular complexity index is 779. The molecule has 106 valence electrons. The molecule has 1 aromatic carbocycles. The fourth-order valence-electron chi connectivity index (χ4n) is 2.50. The number of carbonyl (C=O) groups excluding carboxylic acids is 1. The summed E-state index contributed by atoms with van der Waals surface area (Å²) in [6, 6.07) is 5.64. The van der Waals surface area contributed by atoms with Gasteiger partial charge in [0.25, 0.3) is 0 Å². The number of carbonyl (C=O) groups is 1. The van der Waals surface area contributed by atoms with Crippen molar-refractivity contribution in [2.24, 2.45) is 4.99 Å². The van der Waals surface area contributed by atoms with Gasteiger partial charge in [0.05, 0.1) is 30.3 Å². The summed E-state index contributed by atoms with van der Waals surface area (Å²) in [6.45, 7) is 1.69. The SMILES string of the molecule is O=C(CC1=CSC2=NCCN12)Nc1ccc2nc[nH]c2c1. The standard InChI is InChI=1S/C14H13N5OS/c20-13(6-10-7-21-14-15-3-4-19(10)14)18-9-1-2-11-12(5-9)17-8-16-11/h1-2,5,7-8H,3-4,6H2,(H,16,17)(H,18,20). The van der Waals surface area contributed by atoms with E-state index in [1.165, 1.54) is 0 Å². The number of aromatic nitrogens is 2. The topological polar surface area (TPSA) is 73.4 Å². The molecule has 0 fully saturated rings. The largest absolute Gasteiger partial charge is 0.345 e. The molecule has 0 saturated heterocycles. The van der Waals surface area contributed by atoms with E-state index in [0.29, 0.717) is 6.42 Å². The van der Waals surface area contributed by atoms with E-state index in [-0.39, 0.29) is 5.91 Å². The third-order valence-electron chi connectivity index (χ3n) is 3.49. The Hall–Kier alpha value is -2.28. The highest BCUT2D eigenvalue weighted by Gasteiger charge is 2.27. The predicted octanol–water partition coefficient (Wildman–Crippen LogP) is 2.15. The van der Waals surface area contributed by atoms with Crippen LogP contribution in [0.2, 0.25) is 0 Å². The molecule has 2 N–H and O–H groups in total. The van der Waals surface area contributed by atoms with Gasteiger partial charge in [-0.1, -0.05) is 11.8 Å². The minimum atomic E-state index is -0.0196. The summed E-state index contributed by atoms with van der Waals surface area (Å²) in [4.78, 5) is 25.9. The average molecular weight is 299 g/mol. The van der Waals surface area contributed by atoms with Gasteiger partial charge in [-0.05, 0) is 23.6 Å². The number of thioether (sulfide) groups is 1. The van der Waals surface area contributed by atoms with Crippen molar-refractivity contribution in [3.63, 3.8) is 0 Å². The molecule has 21 heavy (non-hydrogen) atoms. The molecule has 0 aliphatic carbocycles. The lowest BCUT2D eigenvalue weighted by Crippen LogP contribution is -2.24. The second-order valence-electron chi connectivity index (χ2n) is 4.90. The summed E-state index contributed by atoms with van der Waals surface area (Å²) in [7, 11) is 0. The summed E-state index contributed by atoms with van der Waals surface area (Å²) in [5, 5.41) is 5.95. The van der Waals surface area contributed by atoms with E-state index in [4.69, 9.17) is 0 Å². The number of amidine groups is 1. The number of benzene rings is 1. The number of aliphatic imine (C=N–C) groups is 1. The average Bonchev–Trinajstić information content (AvgIpc) is 3.16. The first-order chi connectivity index (χ1) is 10.3. The number of aromatic amines is 1. The molecular weight excluding hydrogens is 286 g/mol. The number of nitrogens with one attached hydrogen (secondary N) is 2. The van der Waals surface area contributed by atoms with Crippen LogP contribution in [0.4, 0.5) is 5.69 Å². The van der Waals surface area contributed by atoms with Crippen molar-refractivity contribution in [1.82, 2.24) is 14.9 Å². The molecule has 0 unspecified atom stereocenters. The number of nitrogens with zero attached hydrogens (tertiary/aromatic N) is 3. The highest BCUT2D eigenvalue weighted by molar-refractivity contribution is 8.16. The molecule has 3 heterocycles. The Balaban J connectivity index is 1.45. The number of anilines is 1. The Labute approximate surface area is 125 Å². The van der Waals surface area contributed by atoms with Crippen LogP contribution in [0.5, 0.6) is 0 Å². The van der Waals surface area contributed by atoms with E-state index in [2.05, 4.69) is 25.2 Å². The third kappa shape index (κ3) is 2.29. The Morgan fingerprint density at radius 2 is 2.43 bits per heavy atom. The highest BCUT2D eigenvalue weighted by atomic mass is 32.2. The molecule has 0 spiro atoms. The van der Waals surface area contributed by atoms with Crippen LogP contribution in [0.15, 0.2) is 40.6 Å². The molecule has 1 aromatic heterocycles. The van der Waals surface area contributed by atoms with Crippen LogP contribution in [0.25, 0.3) is 11.0 Å². The lowest BCUT2D eigenvalue weighted by molar-refractivity contribution is -0.115. The summed E-state index contributed by atoms with van der Waals surface area (Å²) < 4.78 is 0. The predicted molar refractivity (Wildman–Crippen MR) is 84.0 cm³/mol. The van der Waals surface area contributed by atoms with Gasteiger partial charge >= 0.3 is 0 Å². The molecule has 1 amide bonds. The number of fused-ring (bicyclic) bond motifs is 2. The molecule has 0 radical (unpaired) electrons. The summed E-state index contributed by atoms with van der Waals surface area (Å²) >= 11 is 1.59. The van der Waals surface area contributed by atoms with E-state index in [9.17, 15) is 4.79 Å². The zero-order valence-corrected chi connectivity index (χ0v) is 12.0. The zero-order valence-electron chi connectivity index (χ0n) is 11.2. The number of amides is 1. The number of hydrogen-bond acceptors (Lipinski definition) is 5. The number of H-pyrrole nitrogens is 1. The van der Waals surface area contributed by atoms with Crippen molar-refractivity contribution in [2.75, 3.05) is 18.4 Å². The second-order valence-corrected chi connectivity index (χ2v) is 5.74. The number of rotatable bonds is 3. The van der Waals surface area contributed by atoms with Gasteiger partial charge in [0.1, 0.15) is 0 Å².